The second-order valence-corrected chi connectivity index (χ2v) is 6.77. The first-order valence-electron chi connectivity index (χ1n) is 6.50. The monoisotopic (exact) mass is 357 g/mol. The van der Waals surface area contributed by atoms with Gasteiger partial charge in [-0.25, -0.2) is 0 Å². The second-order valence-electron chi connectivity index (χ2n) is 5.98. The van der Waals surface area contributed by atoms with Gasteiger partial charge in [0.1, 0.15) is 4.47 Å². The van der Waals surface area contributed by atoms with E-state index in [0.717, 1.165) is 6.54 Å². The fourth-order valence-electron chi connectivity index (χ4n) is 2.16. The van der Waals surface area contributed by atoms with E-state index in [0.29, 0.717) is 6.54 Å². The number of nitro groups is 1. The minimum absolute atomic E-state index is 0.0909. The topological polar surface area (TPSA) is 75.5 Å². The van der Waals surface area contributed by atoms with Crippen molar-refractivity contribution >= 4 is 27.5 Å². The minimum Gasteiger partial charge on any atom is -0.351 e. The molecular formula is C14H20BrN3O3. The highest BCUT2D eigenvalue weighted by Crippen LogP contribution is 2.28. The number of carbonyl (C=O) groups excluding carboxylic acids is 1. The number of hydrogen-bond acceptors (Lipinski definition) is 4. The molecule has 0 aliphatic rings. The fourth-order valence-corrected chi connectivity index (χ4v) is 2.75. The summed E-state index contributed by atoms with van der Waals surface area (Å²) in [4.78, 5) is 24.6. The number of benzene rings is 1. The van der Waals surface area contributed by atoms with Crippen LogP contribution in [-0.4, -0.2) is 42.9 Å². The van der Waals surface area contributed by atoms with Gasteiger partial charge < -0.3 is 10.2 Å². The van der Waals surface area contributed by atoms with Crippen molar-refractivity contribution in [2.75, 3.05) is 27.2 Å². The maximum absolute atomic E-state index is 12.2. The molecule has 0 saturated heterocycles. The maximum Gasteiger partial charge on any atom is 0.284 e. The number of rotatable bonds is 6. The molecule has 6 nitrogen and oxygen atoms in total. The van der Waals surface area contributed by atoms with E-state index in [1.165, 1.54) is 12.1 Å². The zero-order valence-electron chi connectivity index (χ0n) is 12.6. The van der Waals surface area contributed by atoms with E-state index >= 15 is 0 Å². The lowest BCUT2D eigenvalue weighted by Crippen LogP contribution is -2.40. The Kier molecular flexibility index (Phi) is 5.86. The third-order valence-electron chi connectivity index (χ3n) is 2.89. The summed E-state index contributed by atoms with van der Waals surface area (Å²) in [6.45, 7) is 5.41. The third kappa shape index (κ3) is 5.09. The van der Waals surface area contributed by atoms with Crippen LogP contribution in [0.25, 0.3) is 0 Å². The van der Waals surface area contributed by atoms with Gasteiger partial charge in [0.15, 0.2) is 0 Å². The number of nitrogens with zero attached hydrogens (tertiary/aromatic N) is 2. The van der Waals surface area contributed by atoms with Crippen LogP contribution >= 0.6 is 15.9 Å². The lowest BCUT2D eigenvalue weighted by Gasteiger charge is -2.28. The van der Waals surface area contributed by atoms with Gasteiger partial charge in [-0.3, -0.25) is 14.9 Å². The molecule has 0 saturated carbocycles. The SMILES string of the molecule is CN(C)CC(C)(C)CNC(=O)c1cccc([N+](=O)[O-])c1Br. The van der Waals surface area contributed by atoms with Gasteiger partial charge in [-0.1, -0.05) is 19.9 Å². The standard InChI is InChI=1S/C14H20BrN3O3/c1-14(2,9-17(3)4)8-16-13(19)10-6-5-7-11(12(10)15)18(20)21/h5-7H,8-9H2,1-4H3,(H,16,19). The van der Waals surface area contributed by atoms with Crippen LogP contribution in [0.15, 0.2) is 22.7 Å². The Morgan fingerprint density at radius 3 is 2.57 bits per heavy atom. The fraction of sp³-hybridized carbons (Fsp3) is 0.500. The molecule has 1 rings (SSSR count). The van der Waals surface area contributed by atoms with Crippen LogP contribution in [0.5, 0.6) is 0 Å². The van der Waals surface area contributed by atoms with Crippen LogP contribution < -0.4 is 5.32 Å². The van der Waals surface area contributed by atoms with Crippen LogP contribution in [-0.2, 0) is 0 Å². The molecular weight excluding hydrogens is 338 g/mol. The Bertz CT molecular complexity index is 544. The first kappa shape index (κ1) is 17.6. The highest BCUT2D eigenvalue weighted by Gasteiger charge is 2.23. The summed E-state index contributed by atoms with van der Waals surface area (Å²) >= 11 is 3.13. The summed E-state index contributed by atoms with van der Waals surface area (Å²) in [6.07, 6.45) is 0. The number of nitrogens with one attached hydrogen (secondary N) is 1. The molecule has 0 aliphatic heterocycles. The Hall–Kier alpha value is -1.47. The quantitative estimate of drug-likeness (QED) is 0.627. The first-order valence-corrected chi connectivity index (χ1v) is 7.29. The summed E-state index contributed by atoms with van der Waals surface area (Å²) in [5, 5.41) is 13.7. The minimum atomic E-state index is -0.517. The van der Waals surface area contributed by atoms with Crippen LogP contribution in [0.1, 0.15) is 24.2 Å². The highest BCUT2D eigenvalue weighted by atomic mass is 79.9. The molecule has 1 N–H and O–H groups in total. The van der Waals surface area contributed by atoms with Crippen LogP contribution in [0.4, 0.5) is 5.69 Å². The zero-order chi connectivity index (χ0) is 16.2. The smallest absolute Gasteiger partial charge is 0.284 e. The molecule has 0 heterocycles. The van der Waals surface area contributed by atoms with Crippen molar-refractivity contribution in [1.82, 2.24) is 10.2 Å². The van der Waals surface area contributed by atoms with Gasteiger partial charge in [-0.2, -0.15) is 0 Å². The highest BCUT2D eigenvalue weighted by molar-refractivity contribution is 9.10. The molecule has 0 unspecified atom stereocenters. The van der Waals surface area contributed by atoms with Gasteiger partial charge in [0, 0.05) is 19.2 Å². The molecule has 0 radical (unpaired) electrons. The molecule has 1 aromatic rings. The van der Waals surface area contributed by atoms with Gasteiger partial charge in [0.05, 0.1) is 10.5 Å². The van der Waals surface area contributed by atoms with Gasteiger partial charge >= 0.3 is 0 Å². The van der Waals surface area contributed by atoms with Crippen molar-refractivity contribution in [3.8, 4) is 0 Å². The Morgan fingerprint density at radius 2 is 2.05 bits per heavy atom. The summed E-state index contributed by atoms with van der Waals surface area (Å²) in [6, 6.07) is 4.42. The largest absolute Gasteiger partial charge is 0.351 e. The predicted molar refractivity (Wildman–Crippen MR) is 85.5 cm³/mol. The molecule has 0 spiro atoms. The molecule has 21 heavy (non-hydrogen) atoms. The number of carbonyl (C=O) groups is 1. The lowest BCUT2D eigenvalue weighted by atomic mass is 9.93. The Balaban J connectivity index is 2.82. The molecule has 0 bridgehead atoms. The van der Waals surface area contributed by atoms with Gasteiger partial charge in [0.25, 0.3) is 11.6 Å². The maximum atomic E-state index is 12.2. The van der Waals surface area contributed by atoms with E-state index in [1.807, 2.05) is 14.1 Å². The predicted octanol–water partition coefficient (Wildman–Crippen LogP) is 2.67. The molecule has 1 aromatic carbocycles. The average molecular weight is 358 g/mol. The molecule has 7 heteroatoms. The number of amides is 1. The van der Waals surface area contributed by atoms with E-state index < -0.39 is 4.92 Å². The summed E-state index contributed by atoms with van der Waals surface area (Å²) in [7, 11) is 3.95. The molecule has 0 aliphatic carbocycles. The second kappa shape index (κ2) is 7.00. The molecule has 1 amide bonds. The van der Waals surface area contributed by atoms with Crippen molar-refractivity contribution in [2.45, 2.75) is 13.8 Å². The zero-order valence-corrected chi connectivity index (χ0v) is 14.2. The third-order valence-corrected chi connectivity index (χ3v) is 3.72. The average Bonchev–Trinajstić information content (AvgIpc) is 2.34. The van der Waals surface area contributed by atoms with E-state index in [-0.39, 0.29) is 27.0 Å². The van der Waals surface area contributed by atoms with Crippen LogP contribution in [0.3, 0.4) is 0 Å². The number of halogens is 1. The van der Waals surface area contributed by atoms with E-state index in [9.17, 15) is 14.9 Å². The van der Waals surface area contributed by atoms with Crippen molar-refractivity contribution in [3.63, 3.8) is 0 Å². The molecule has 116 valence electrons. The summed E-state index contributed by atoms with van der Waals surface area (Å²) < 4.78 is 0.206. The van der Waals surface area contributed by atoms with Crippen LogP contribution in [0, 0.1) is 15.5 Å². The summed E-state index contributed by atoms with van der Waals surface area (Å²) in [5.74, 6) is -0.322. The van der Waals surface area contributed by atoms with Gasteiger partial charge in [-0.15, -0.1) is 0 Å². The summed E-state index contributed by atoms with van der Waals surface area (Å²) in [5.41, 5.74) is 0.0619. The molecule has 0 aromatic heterocycles. The van der Waals surface area contributed by atoms with E-state index in [4.69, 9.17) is 0 Å². The van der Waals surface area contributed by atoms with E-state index in [1.54, 1.807) is 6.07 Å². The van der Waals surface area contributed by atoms with Gasteiger partial charge in [0.2, 0.25) is 0 Å². The van der Waals surface area contributed by atoms with Crippen molar-refractivity contribution in [3.05, 3.63) is 38.3 Å². The normalized spacial score (nSPS) is 11.5. The Morgan fingerprint density at radius 1 is 1.43 bits per heavy atom. The lowest BCUT2D eigenvalue weighted by molar-refractivity contribution is -0.385. The van der Waals surface area contributed by atoms with Crippen molar-refractivity contribution in [2.24, 2.45) is 5.41 Å². The number of hydrogen-bond donors (Lipinski definition) is 1. The molecule has 0 fully saturated rings. The first-order chi connectivity index (χ1) is 9.64. The van der Waals surface area contributed by atoms with Crippen molar-refractivity contribution in [1.29, 1.82) is 0 Å². The number of nitro benzene ring substituents is 1. The van der Waals surface area contributed by atoms with Crippen molar-refractivity contribution < 1.29 is 9.72 Å². The Labute approximate surface area is 132 Å². The van der Waals surface area contributed by atoms with Crippen LogP contribution in [0.2, 0.25) is 0 Å². The molecule has 0 atom stereocenters. The van der Waals surface area contributed by atoms with E-state index in [2.05, 4.69) is 40.0 Å². The van der Waals surface area contributed by atoms with Gasteiger partial charge in [-0.05, 0) is 41.5 Å².